The van der Waals surface area contributed by atoms with Crippen molar-refractivity contribution in [3.63, 3.8) is 0 Å². The molecule has 29 heavy (non-hydrogen) atoms. The molecule has 1 amide bonds. The van der Waals surface area contributed by atoms with Crippen molar-refractivity contribution in [1.82, 2.24) is 10.2 Å². The van der Waals surface area contributed by atoms with Crippen LogP contribution in [0.3, 0.4) is 0 Å². The molecule has 6 nitrogen and oxygen atoms in total. The van der Waals surface area contributed by atoms with Crippen LogP contribution >= 0.6 is 0 Å². The van der Waals surface area contributed by atoms with Crippen LogP contribution in [0.1, 0.15) is 43.2 Å². The van der Waals surface area contributed by atoms with Crippen molar-refractivity contribution in [3.05, 3.63) is 29.3 Å². The maximum absolute atomic E-state index is 13.2. The highest BCUT2D eigenvalue weighted by atomic mass is 19.3. The van der Waals surface area contributed by atoms with Crippen LogP contribution in [0.4, 0.5) is 8.78 Å². The second kappa shape index (κ2) is 5.98. The molecular formula is C21H24F2N2O4. The molecule has 4 aliphatic rings. The van der Waals surface area contributed by atoms with E-state index >= 15 is 0 Å². The first kappa shape index (κ1) is 18.9. The summed E-state index contributed by atoms with van der Waals surface area (Å²) in [5.41, 5.74) is -1.54. The van der Waals surface area contributed by atoms with Crippen molar-refractivity contribution < 1.29 is 28.6 Å². The maximum atomic E-state index is 13.2. The van der Waals surface area contributed by atoms with Gasteiger partial charge < -0.3 is 15.5 Å². The fourth-order valence-electron chi connectivity index (χ4n) is 6.58. The Morgan fingerprint density at radius 1 is 1.24 bits per heavy atom. The zero-order chi connectivity index (χ0) is 20.6. The number of hydrogen-bond acceptors (Lipinski definition) is 5. The van der Waals surface area contributed by atoms with Crippen LogP contribution in [-0.2, 0) is 21.4 Å². The maximum Gasteiger partial charge on any atom is 0.251 e. The summed E-state index contributed by atoms with van der Waals surface area (Å²) in [6.45, 7) is -0.0398. The summed E-state index contributed by atoms with van der Waals surface area (Å²) in [7, 11) is 0. The van der Waals surface area contributed by atoms with Crippen molar-refractivity contribution in [2.24, 2.45) is 0 Å². The zero-order valence-electron chi connectivity index (χ0n) is 16.0. The molecule has 0 aromatic heterocycles. The fourth-order valence-corrected chi connectivity index (χ4v) is 6.58. The van der Waals surface area contributed by atoms with Gasteiger partial charge in [-0.05, 0) is 61.9 Å². The molecule has 1 aromatic carbocycles. The van der Waals surface area contributed by atoms with E-state index in [0.29, 0.717) is 25.8 Å². The molecule has 2 heterocycles. The van der Waals surface area contributed by atoms with E-state index in [1.165, 1.54) is 0 Å². The van der Waals surface area contributed by atoms with Gasteiger partial charge in [0.25, 0.3) is 6.43 Å². The summed E-state index contributed by atoms with van der Waals surface area (Å²) >= 11 is 0. The molecule has 2 saturated heterocycles. The normalized spacial score (nSPS) is 38.8. The number of Topliss-reactive ketones (excluding diaryl/α,β-unsaturated/α-hetero) is 1. The highest BCUT2D eigenvalue weighted by molar-refractivity contribution is 6.10. The standard InChI is InChI=1S/C21H24F2N2O4/c22-17(23)10-25-6-5-19-11-20(16(27)9-18(28)24-20)3-4-21(19,29)15(25)7-12-1-2-13(26)8-14(12)19/h1-2,8,15,17,26,29H,3-7,9-11H2,(H,24,28)/t15-,19-,20+,21-/m1/s1. The number of aromatic hydroxyl groups is 1. The van der Waals surface area contributed by atoms with Crippen molar-refractivity contribution in [2.45, 2.75) is 67.5 Å². The summed E-state index contributed by atoms with van der Waals surface area (Å²) in [5, 5.41) is 25.0. The Hall–Kier alpha value is -2.06. The number of fused-ring (bicyclic) bond motifs is 1. The molecule has 3 N–H and O–H groups in total. The molecule has 156 valence electrons. The van der Waals surface area contributed by atoms with Gasteiger partial charge in [0.15, 0.2) is 5.78 Å². The quantitative estimate of drug-likeness (QED) is 0.644. The van der Waals surface area contributed by atoms with E-state index in [1.54, 1.807) is 23.1 Å². The van der Waals surface area contributed by atoms with Gasteiger partial charge >= 0.3 is 0 Å². The molecule has 2 bridgehead atoms. The van der Waals surface area contributed by atoms with Gasteiger partial charge in [-0.25, -0.2) is 8.78 Å². The smallest absolute Gasteiger partial charge is 0.251 e. The van der Waals surface area contributed by atoms with Crippen LogP contribution < -0.4 is 5.32 Å². The molecule has 0 radical (unpaired) electrons. The molecule has 1 aromatic rings. The number of aliphatic hydroxyl groups is 1. The van der Waals surface area contributed by atoms with Crippen LogP contribution in [0.2, 0.25) is 0 Å². The van der Waals surface area contributed by atoms with Crippen molar-refractivity contribution in [3.8, 4) is 5.75 Å². The van der Waals surface area contributed by atoms with E-state index in [-0.39, 0.29) is 36.7 Å². The van der Waals surface area contributed by atoms with E-state index in [2.05, 4.69) is 5.32 Å². The topological polar surface area (TPSA) is 89.9 Å². The molecule has 1 saturated carbocycles. The molecule has 4 atom stereocenters. The fraction of sp³-hybridized carbons (Fsp3) is 0.619. The van der Waals surface area contributed by atoms with E-state index in [4.69, 9.17) is 0 Å². The lowest BCUT2D eigenvalue weighted by Crippen LogP contribution is -2.76. The number of rotatable bonds is 2. The second-order valence-electron chi connectivity index (χ2n) is 9.11. The molecule has 0 unspecified atom stereocenters. The van der Waals surface area contributed by atoms with Gasteiger partial charge in [-0.2, -0.15) is 0 Å². The molecule has 1 spiro atoms. The van der Waals surface area contributed by atoms with Crippen LogP contribution in [0.15, 0.2) is 18.2 Å². The molecule has 8 heteroatoms. The largest absolute Gasteiger partial charge is 0.508 e. The van der Waals surface area contributed by atoms with Crippen LogP contribution in [0.5, 0.6) is 5.75 Å². The van der Waals surface area contributed by atoms with Gasteiger partial charge in [0.2, 0.25) is 5.91 Å². The summed E-state index contributed by atoms with van der Waals surface area (Å²) in [6.07, 6.45) is -1.11. The summed E-state index contributed by atoms with van der Waals surface area (Å²) < 4.78 is 26.5. The number of alkyl halides is 2. The van der Waals surface area contributed by atoms with Gasteiger partial charge in [-0.1, -0.05) is 6.07 Å². The van der Waals surface area contributed by atoms with Crippen LogP contribution in [-0.4, -0.2) is 63.5 Å². The molecule has 2 aliphatic carbocycles. The first-order valence-electron chi connectivity index (χ1n) is 10.1. The average Bonchev–Trinajstić information content (AvgIpc) is 2.91. The lowest BCUT2D eigenvalue weighted by molar-refractivity contribution is -0.184. The number of likely N-dealkylation sites (tertiary alicyclic amines) is 1. The van der Waals surface area contributed by atoms with Crippen molar-refractivity contribution in [1.29, 1.82) is 0 Å². The van der Waals surface area contributed by atoms with Crippen LogP contribution in [0, 0.1) is 0 Å². The lowest BCUT2D eigenvalue weighted by atomic mass is 9.46. The van der Waals surface area contributed by atoms with E-state index in [0.717, 1.165) is 11.1 Å². The highest BCUT2D eigenvalue weighted by Crippen LogP contribution is 2.61. The number of amides is 1. The zero-order valence-corrected chi connectivity index (χ0v) is 16.0. The Labute approximate surface area is 166 Å². The number of nitrogens with zero attached hydrogens (tertiary/aromatic N) is 1. The third-order valence-corrected chi connectivity index (χ3v) is 7.81. The Balaban J connectivity index is 1.66. The predicted molar refractivity (Wildman–Crippen MR) is 98.8 cm³/mol. The first-order valence-corrected chi connectivity index (χ1v) is 10.1. The number of ketones is 1. The number of nitrogens with one attached hydrogen (secondary N) is 1. The number of carbonyl (C=O) groups excluding carboxylic acids is 2. The number of halogens is 2. The summed E-state index contributed by atoms with van der Waals surface area (Å²) in [6, 6.07) is 4.49. The van der Waals surface area contributed by atoms with Crippen LogP contribution in [0.25, 0.3) is 0 Å². The van der Waals surface area contributed by atoms with Gasteiger partial charge in [-0.15, -0.1) is 0 Å². The minimum atomic E-state index is -2.50. The Kier molecular flexibility index (Phi) is 3.91. The van der Waals surface area contributed by atoms with Gasteiger partial charge in [0.05, 0.1) is 18.6 Å². The third kappa shape index (κ3) is 2.45. The number of carbonyl (C=O) groups is 2. The molecule has 2 aliphatic heterocycles. The second-order valence-corrected chi connectivity index (χ2v) is 9.11. The number of piperidine rings is 1. The molecule has 5 rings (SSSR count). The van der Waals surface area contributed by atoms with Gasteiger partial charge in [0, 0.05) is 11.5 Å². The van der Waals surface area contributed by atoms with Crippen molar-refractivity contribution in [2.75, 3.05) is 13.1 Å². The number of phenolic OH excluding ortho intramolecular Hbond substituents is 1. The molecule has 3 fully saturated rings. The summed E-state index contributed by atoms with van der Waals surface area (Å²) in [4.78, 5) is 26.4. The summed E-state index contributed by atoms with van der Waals surface area (Å²) in [5.74, 6) is -0.413. The average molecular weight is 406 g/mol. The Morgan fingerprint density at radius 2 is 2.03 bits per heavy atom. The highest BCUT2D eigenvalue weighted by Gasteiger charge is 2.69. The van der Waals surface area contributed by atoms with E-state index in [1.807, 2.05) is 0 Å². The Morgan fingerprint density at radius 3 is 2.72 bits per heavy atom. The number of phenols is 1. The third-order valence-electron chi connectivity index (χ3n) is 7.81. The lowest BCUT2D eigenvalue weighted by Gasteiger charge is -2.66. The molecular weight excluding hydrogens is 382 g/mol. The van der Waals surface area contributed by atoms with Gasteiger partial charge in [0.1, 0.15) is 11.3 Å². The predicted octanol–water partition coefficient (Wildman–Crippen LogP) is 1.27. The minimum Gasteiger partial charge on any atom is -0.508 e. The first-order chi connectivity index (χ1) is 13.7. The Bertz CT molecular complexity index is 909. The minimum absolute atomic E-state index is 0.0651. The number of benzene rings is 1. The van der Waals surface area contributed by atoms with Gasteiger partial charge in [-0.3, -0.25) is 14.5 Å². The van der Waals surface area contributed by atoms with Crippen molar-refractivity contribution >= 4 is 11.7 Å². The monoisotopic (exact) mass is 406 g/mol. The van der Waals surface area contributed by atoms with E-state index in [9.17, 15) is 28.6 Å². The SMILES string of the molecule is O=C1CC(=O)[C@@]2(CC[C@@]3(O)[C@H]4Cc5ccc(O)cc5[C@@]3(CCN4CC(F)F)C2)N1. The number of hydrogen-bond donors (Lipinski definition) is 3. The van der Waals surface area contributed by atoms with E-state index < -0.39 is 35.6 Å².